The molecule has 1 rings (SSSR count). The second kappa shape index (κ2) is 4.17. The van der Waals surface area contributed by atoms with Crippen LogP contribution in [0.4, 0.5) is 13.2 Å². The number of benzene rings is 1. The average Bonchev–Trinajstić information content (AvgIpc) is 2.14. The van der Waals surface area contributed by atoms with E-state index in [-0.39, 0.29) is 6.08 Å². The molecule has 0 saturated heterocycles. The molecule has 0 saturated carbocycles. The number of allylic oxidation sites excluding steroid dienone is 1. The summed E-state index contributed by atoms with van der Waals surface area (Å²) >= 11 is 0. The molecule has 0 atom stereocenters. The van der Waals surface area contributed by atoms with Crippen molar-refractivity contribution in [3.63, 3.8) is 0 Å². The minimum Gasteiger partial charge on any atom is -0.497 e. The van der Waals surface area contributed by atoms with Gasteiger partial charge in [-0.2, -0.15) is 13.2 Å². The first kappa shape index (κ1) is 10.6. The van der Waals surface area contributed by atoms with Crippen molar-refractivity contribution in [1.29, 1.82) is 0 Å². The second-order valence-corrected chi connectivity index (χ2v) is 2.65. The number of alkyl halides is 3. The summed E-state index contributed by atoms with van der Waals surface area (Å²) in [6.07, 6.45) is -3.05. The smallest absolute Gasteiger partial charge is 0.409 e. The fraction of sp³-hybridized carbons (Fsp3) is 0.200. The Kier molecular flexibility index (Phi) is 3.17. The van der Waals surface area contributed by atoms with Crippen LogP contribution >= 0.6 is 0 Å². The number of rotatable bonds is 2. The third kappa shape index (κ3) is 3.51. The molecule has 0 N–H and O–H groups in total. The van der Waals surface area contributed by atoms with Crippen LogP contribution in [-0.4, -0.2) is 13.3 Å². The Morgan fingerprint density at radius 1 is 1.14 bits per heavy atom. The van der Waals surface area contributed by atoms with Gasteiger partial charge in [-0.1, -0.05) is 18.2 Å². The molecule has 0 bridgehead atoms. The SMILES string of the molecule is COc1ccc(/C=C/C(F)(F)F)cc1. The van der Waals surface area contributed by atoms with Gasteiger partial charge in [0.1, 0.15) is 5.75 Å². The summed E-state index contributed by atoms with van der Waals surface area (Å²) in [5.74, 6) is 0.620. The monoisotopic (exact) mass is 202 g/mol. The van der Waals surface area contributed by atoms with Crippen LogP contribution < -0.4 is 4.74 Å². The third-order valence-electron chi connectivity index (χ3n) is 1.58. The molecule has 1 nitrogen and oxygen atoms in total. The highest BCUT2D eigenvalue weighted by Gasteiger charge is 2.21. The van der Waals surface area contributed by atoms with Crippen LogP contribution in [0, 0.1) is 0 Å². The Bertz CT molecular complexity index is 311. The molecule has 0 amide bonds. The van der Waals surface area contributed by atoms with Gasteiger partial charge in [0.15, 0.2) is 0 Å². The highest BCUT2D eigenvalue weighted by atomic mass is 19.4. The normalized spacial score (nSPS) is 12.0. The molecule has 0 radical (unpaired) electrons. The van der Waals surface area contributed by atoms with E-state index in [9.17, 15) is 13.2 Å². The van der Waals surface area contributed by atoms with E-state index in [1.807, 2.05) is 0 Å². The molecule has 1 aromatic rings. The molecule has 0 fully saturated rings. The summed E-state index contributed by atoms with van der Waals surface area (Å²) in [5.41, 5.74) is 0.489. The van der Waals surface area contributed by atoms with E-state index in [4.69, 9.17) is 4.74 Å². The first-order valence-electron chi connectivity index (χ1n) is 3.91. The van der Waals surface area contributed by atoms with Crippen LogP contribution in [0.1, 0.15) is 5.56 Å². The Balaban J connectivity index is 2.74. The lowest BCUT2D eigenvalue weighted by atomic mass is 10.2. The lowest BCUT2D eigenvalue weighted by molar-refractivity contribution is -0.0790. The van der Waals surface area contributed by atoms with Gasteiger partial charge in [-0.25, -0.2) is 0 Å². The zero-order chi connectivity index (χ0) is 10.6. The van der Waals surface area contributed by atoms with Crippen LogP contribution in [0.2, 0.25) is 0 Å². The number of hydrogen-bond acceptors (Lipinski definition) is 1. The minimum absolute atomic E-state index is 0.203. The molecule has 1 aromatic carbocycles. The second-order valence-electron chi connectivity index (χ2n) is 2.65. The summed E-state index contributed by atoms with van der Waals surface area (Å²) in [4.78, 5) is 0. The summed E-state index contributed by atoms with van der Waals surface area (Å²) in [7, 11) is 1.50. The van der Waals surface area contributed by atoms with Gasteiger partial charge >= 0.3 is 6.18 Å². The van der Waals surface area contributed by atoms with Gasteiger partial charge in [-0.15, -0.1) is 0 Å². The number of ether oxygens (including phenoxy) is 1. The van der Waals surface area contributed by atoms with Crippen LogP contribution in [0.3, 0.4) is 0 Å². The van der Waals surface area contributed by atoms with E-state index in [2.05, 4.69) is 0 Å². The highest BCUT2D eigenvalue weighted by molar-refractivity contribution is 5.51. The number of halogens is 3. The van der Waals surface area contributed by atoms with E-state index in [0.717, 1.165) is 6.08 Å². The standard InChI is InChI=1S/C10H9F3O/c1-14-9-4-2-8(3-5-9)6-7-10(11,12)13/h2-7H,1H3/b7-6+. The zero-order valence-corrected chi connectivity index (χ0v) is 7.51. The van der Waals surface area contributed by atoms with E-state index < -0.39 is 6.18 Å². The van der Waals surface area contributed by atoms with E-state index in [0.29, 0.717) is 11.3 Å². The Hall–Kier alpha value is -1.45. The van der Waals surface area contributed by atoms with E-state index >= 15 is 0 Å². The van der Waals surface area contributed by atoms with E-state index in [1.165, 1.54) is 7.11 Å². The average molecular weight is 202 g/mol. The number of hydrogen-bond donors (Lipinski definition) is 0. The minimum atomic E-state index is -4.26. The van der Waals surface area contributed by atoms with E-state index in [1.54, 1.807) is 24.3 Å². The molecule has 0 unspecified atom stereocenters. The fourth-order valence-corrected chi connectivity index (χ4v) is 0.906. The molecule has 0 spiro atoms. The van der Waals surface area contributed by atoms with Crippen molar-refractivity contribution in [3.8, 4) is 5.75 Å². The molecular formula is C10H9F3O. The molecule has 76 valence electrons. The molecule has 0 heterocycles. The van der Waals surface area contributed by atoms with Crippen molar-refractivity contribution < 1.29 is 17.9 Å². The number of methoxy groups -OCH3 is 1. The molecule has 14 heavy (non-hydrogen) atoms. The summed E-state index contributed by atoms with van der Waals surface area (Å²) in [6.45, 7) is 0. The topological polar surface area (TPSA) is 9.23 Å². The van der Waals surface area contributed by atoms with Crippen LogP contribution in [0.5, 0.6) is 5.75 Å². The van der Waals surface area contributed by atoms with Gasteiger partial charge in [0.2, 0.25) is 0 Å². The van der Waals surface area contributed by atoms with Crippen molar-refractivity contribution in [3.05, 3.63) is 35.9 Å². The Labute approximate surface area is 79.8 Å². The van der Waals surface area contributed by atoms with Crippen LogP contribution in [-0.2, 0) is 0 Å². The summed E-state index contributed by atoms with van der Waals surface area (Å²) in [5, 5.41) is 0. The van der Waals surface area contributed by atoms with Crippen molar-refractivity contribution in [2.24, 2.45) is 0 Å². The largest absolute Gasteiger partial charge is 0.497 e. The van der Waals surface area contributed by atoms with Crippen LogP contribution in [0.25, 0.3) is 6.08 Å². The fourth-order valence-electron chi connectivity index (χ4n) is 0.906. The van der Waals surface area contributed by atoms with Gasteiger partial charge in [-0.3, -0.25) is 0 Å². The van der Waals surface area contributed by atoms with Crippen molar-refractivity contribution >= 4 is 6.08 Å². The summed E-state index contributed by atoms with van der Waals surface area (Å²) in [6, 6.07) is 6.33. The summed E-state index contributed by atoms with van der Waals surface area (Å²) < 4.78 is 40.2. The predicted molar refractivity (Wildman–Crippen MR) is 48.1 cm³/mol. The first-order chi connectivity index (χ1) is 6.51. The molecule has 0 aliphatic carbocycles. The maximum absolute atomic E-state index is 11.8. The van der Waals surface area contributed by atoms with Crippen molar-refractivity contribution in [2.45, 2.75) is 6.18 Å². The zero-order valence-electron chi connectivity index (χ0n) is 7.51. The van der Waals surface area contributed by atoms with Crippen molar-refractivity contribution in [2.75, 3.05) is 7.11 Å². The van der Waals surface area contributed by atoms with Crippen LogP contribution in [0.15, 0.2) is 30.3 Å². The molecule has 4 heteroatoms. The Morgan fingerprint density at radius 3 is 2.14 bits per heavy atom. The molecule has 0 aliphatic heterocycles. The van der Waals surface area contributed by atoms with Gasteiger partial charge in [-0.05, 0) is 17.7 Å². The van der Waals surface area contributed by atoms with Gasteiger partial charge in [0.25, 0.3) is 0 Å². The third-order valence-corrected chi connectivity index (χ3v) is 1.58. The predicted octanol–water partition coefficient (Wildman–Crippen LogP) is 3.27. The maximum Gasteiger partial charge on any atom is 0.409 e. The quantitative estimate of drug-likeness (QED) is 0.715. The molecule has 0 aliphatic rings. The van der Waals surface area contributed by atoms with Crippen molar-refractivity contribution in [1.82, 2.24) is 0 Å². The Morgan fingerprint density at radius 2 is 1.71 bits per heavy atom. The molecular weight excluding hydrogens is 193 g/mol. The highest BCUT2D eigenvalue weighted by Crippen LogP contribution is 2.19. The maximum atomic E-state index is 11.8. The van der Waals surface area contributed by atoms with Gasteiger partial charge in [0, 0.05) is 6.08 Å². The van der Waals surface area contributed by atoms with Gasteiger partial charge in [0.05, 0.1) is 7.11 Å². The lowest BCUT2D eigenvalue weighted by Crippen LogP contribution is -2.00. The lowest BCUT2D eigenvalue weighted by Gasteiger charge is -2.00. The molecule has 0 aromatic heterocycles. The van der Waals surface area contributed by atoms with Gasteiger partial charge < -0.3 is 4.74 Å². The first-order valence-corrected chi connectivity index (χ1v) is 3.91.